The Morgan fingerprint density at radius 3 is 2.62 bits per heavy atom. The molecular formula is C21H15ClOS. The normalized spacial score (nSPS) is 11.6. The van der Waals surface area contributed by atoms with E-state index in [4.69, 9.17) is 16.3 Å². The summed E-state index contributed by atoms with van der Waals surface area (Å²) >= 11 is 8.10. The predicted molar refractivity (Wildman–Crippen MR) is 106 cm³/mol. The zero-order valence-electron chi connectivity index (χ0n) is 13.1. The van der Waals surface area contributed by atoms with E-state index < -0.39 is 0 Å². The largest absolute Gasteiger partial charge is 0.504 e. The van der Waals surface area contributed by atoms with Crippen LogP contribution in [0.2, 0.25) is 5.02 Å². The lowest BCUT2D eigenvalue weighted by atomic mass is 9.98. The van der Waals surface area contributed by atoms with Crippen LogP contribution in [0.4, 0.5) is 0 Å². The first-order valence-corrected chi connectivity index (χ1v) is 8.87. The van der Waals surface area contributed by atoms with Crippen molar-refractivity contribution in [2.45, 2.75) is 0 Å². The highest BCUT2D eigenvalue weighted by molar-refractivity contribution is 7.26. The number of hydrogen-bond acceptors (Lipinski definition) is 2. The Balaban J connectivity index is 2.03. The average Bonchev–Trinajstić information content (AvgIpc) is 2.99. The Bertz CT molecular complexity index is 1060. The predicted octanol–water partition coefficient (Wildman–Crippen LogP) is 6.99. The molecule has 3 heteroatoms. The number of ether oxygens (including phenoxy) is 1. The van der Waals surface area contributed by atoms with Crippen LogP contribution in [-0.4, -0.2) is 7.11 Å². The molecule has 0 radical (unpaired) electrons. The van der Waals surface area contributed by atoms with E-state index in [1.54, 1.807) is 13.4 Å². The third-order valence-electron chi connectivity index (χ3n) is 4.09. The second-order valence-electron chi connectivity index (χ2n) is 5.55. The van der Waals surface area contributed by atoms with Crippen LogP contribution in [0.25, 0.3) is 37.4 Å². The lowest BCUT2D eigenvalue weighted by Gasteiger charge is -2.09. The van der Waals surface area contributed by atoms with Gasteiger partial charge in [0.15, 0.2) is 0 Å². The minimum Gasteiger partial charge on any atom is -0.504 e. The van der Waals surface area contributed by atoms with E-state index in [0.717, 1.165) is 16.1 Å². The summed E-state index contributed by atoms with van der Waals surface area (Å²) in [6, 6.07) is 21.0. The SMILES string of the molecule is COC=Cc1ccc(Cl)cc1-c1cccc2c1sc1ccccc12. The average molecular weight is 351 g/mol. The second-order valence-corrected chi connectivity index (χ2v) is 7.04. The van der Waals surface area contributed by atoms with Crippen molar-refractivity contribution >= 4 is 49.2 Å². The van der Waals surface area contributed by atoms with E-state index in [1.807, 2.05) is 35.6 Å². The van der Waals surface area contributed by atoms with Gasteiger partial charge in [0.2, 0.25) is 0 Å². The Morgan fingerprint density at radius 2 is 1.75 bits per heavy atom. The molecule has 0 amide bonds. The van der Waals surface area contributed by atoms with Gasteiger partial charge in [0.05, 0.1) is 13.4 Å². The maximum absolute atomic E-state index is 6.28. The minimum atomic E-state index is 0.734. The van der Waals surface area contributed by atoms with Crippen LogP contribution in [0, 0.1) is 0 Å². The molecule has 0 aliphatic carbocycles. The van der Waals surface area contributed by atoms with E-state index in [-0.39, 0.29) is 0 Å². The second kappa shape index (κ2) is 6.31. The van der Waals surface area contributed by atoms with Crippen LogP contribution in [0.1, 0.15) is 5.56 Å². The van der Waals surface area contributed by atoms with Crippen molar-refractivity contribution in [2.75, 3.05) is 7.11 Å². The summed E-state index contributed by atoms with van der Waals surface area (Å²) in [5.41, 5.74) is 3.41. The molecular weight excluding hydrogens is 336 g/mol. The molecule has 4 rings (SSSR count). The molecule has 0 aliphatic heterocycles. The molecule has 0 bridgehead atoms. The standard InChI is InChI=1S/C21H15ClOS/c1-23-12-11-14-9-10-15(22)13-19(14)18-7-4-6-17-16-5-2-3-8-20(16)24-21(17)18/h2-13H,1H3. The van der Waals surface area contributed by atoms with Crippen molar-refractivity contribution in [1.29, 1.82) is 0 Å². The molecule has 3 aromatic carbocycles. The summed E-state index contributed by atoms with van der Waals surface area (Å²) in [5, 5.41) is 3.32. The van der Waals surface area contributed by atoms with Crippen molar-refractivity contribution in [1.82, 2.24) is 0 Å². The summed E-state index contributed by atoms with van der Waals surface area (Å²) in [5.74, 6) is 0. The summed E-state index contributed by atoms with van der Waals surface area (Å²) in [6.07, 6.45) is 3.66. The van der Waals surface area contributed by atoms with E-state index >= 15 is 0 Å². The molecule has 0 fully saturated rings. The topological polar surface area (TPSA) is 9.23 Å². The Labute approximate surface area is 149 Å². The van der Waals surface area contributed by atoms with Crippen molar-refractivity contribution < 1.29 is 4.74 Å². The molecule has 0 aliphatic rings. The van der Waals surface area contributed by atoms with E-state index in [9.17, 15) is 0 Å². The van der Waals surface area contributed by atoms with Gasteiger partial charge in [-0.25, -0.2) is 0 Å². The fourth-order valence-electron chi connectivity index (χ4n) is 3.01. The van der Waals surface area contributed by atoms with Gasteiger partial charge in [0, 0.05) is 30.8 Å². The zero-order valence-corrected chi connectivity index (χ0v) is 14.7. The van der Waals surface area contributed by atoms with Gasteiger partial charge < -0.3 is 4.74 Å². The summed E-state index contributed by atoms with van der Waals surface area (Å²) in [4.78, 5) is 0. The number of benzene rings is 3. The summed E-state index contributed by atoms with van der Waals surface area (Å²) in [6.45, 7) is 0. The smallest absolute Gasteiger partial charge is 0.0830 e. The van der Waals surface area contributed by atoms with Crippen molar-refractivity contribution in [3.63, 3.8) is 0 Å². The number of halogens is 1. The van der Waals surface area contributed by atoms with E-state index in [0.29, 0.717) is 0 Å². The van der Waals surface area contributed by atoms with E-state index in [2.05, 4.69) is 42.5 Å². The lowest BCUT2D eigenvalue weighted by molar-refractivity contribution is 0.341. The molecule has 0 atom stereocenters. The Hall–Kier alpha value is -2.29. The monoisotopic (exact) mass is 350 g/mol. The number of thiophene rings is 1. The van der Waals surface area contributed by atoms with Crippen LogP contribution in [0.5, 0.6) is 0 Å². The molecule has 0 spiro atoms. The highest BCUT2D eigenvalue weighted by Crippen LogP contribution is 2.41. The molecule has 0 N–H and O–H groups in total. The van der Waals surface area contributed by atoms with Crippen LogP contribution >= 0.6 is 22.9 Å². The van der Waals surface area contributed by atoms with Gasteiger partial charge >= 0.3 is 0 Å². The van der Waals surface area contributed by atoms with Gasteiger partial charge in [-0.1, -0.05) is 54.1 Å². The molecule has 0 saturated heterocycles. The van der Waals surface area contributed by atoms with E-state index in [1.165, 1.54) is 25.7 Å². The number of rotatable bonds is 3. The summed E-state index contributed by atoms with van der Waals surface area (Å²) < 4.78 is 7.68. The highest BCUT2D eigenvalue weighted by atomic mass is 35.5. The molecule has 24 heavy (non-hydrogen) atoms. The van der Waals surface area contributed by atoms with Crippen molar-refractivity contribution in [3.8, 4) is 11.1 Å². The maximum atomic E-state index is 6.28. The molecule has 0 saturated carbocycles. The number of hydrogen-bond donors (Lipinski definition) is 0. The van der Waals surface area contributed by atoms with Gasteiger partial charge in [-0.05, 0) is 35.4 Å². The van der Waals surface area contributed by atoms with Crippen LogP contribution in [-0.2, 0) is 4.74 Å². The Kier molecular flexibility index (Phi) is 4.01. The zero-order chi connectivity index (χ0) is 16.5. The molecule has 0 unspecified atom stereocenters. The van der Waals surface area contributed by atoms with Crippen molar-refractivity contribution in [2.24, 2.45) is 0 Å². The first-order chi connectivity index (χ1) is 11.8. The third kappa shape index (κ3) is 2.58. The molecule has 1 aromatic heterocycles. The van der Waals surface area contributed by atoms with Gasteiger partial charge in [0.1, 0.15) is 0 Å². The van der Waals surface area contributed by atoms with Gasteiger partial charge in [-0.3, -0.25) is 0 Å². The first kappa shape index (κ1) is 15.3. The number of methoxy groups -OCH3 is 1. The van der Waals surface area contributed by atoms with Crippen LogP contribution in [0.3, 0.4) is 0 Å². The summed E-state index contributed by atoms with van der Waals surface area (Å²) in [7, 11) is 1.65. The van der Waals surface area contributed by atoms with Gasteiger partial charge in [-0.2, -0.15) is 0 Å². The molecule has 1 heterocycles. The third-order valence-corrected chi connectivity index (χ3v) is 5.55. The first-order valence-electron chi connectivity index (χ1n) is 7.67. The van der Waals surface area contributed by atoms with Crippen LogP contribution in [0.15, 0.2) is 66.9 Å². The fraction of sp³-hybridized carbons (Fsp3) is 0.0476. The quantitative estimate of drug-likeness (QED) is 0.362. The minimum absolute atomic E-state index is 0.734. The molecule has 1 nitrogen and oxygen atoms in total. The van der Waals surface area contributed by atoms with Gasteiger partial charge in [0.25, 0.3) is 0 Å². The van der Waals surface area contributed by atoms with Gasteiger partial charge in [-0.15, -0.1) is 11.3 Å². The lowest BCUT2D eigenvalue weighted by Crippen LogP contribution is -1.84. The molecule has 118 valence electrons. The van der Waals surface area contributed by atoms with Crippen molar-refractivity contribution in [3.05, 3.63) is 77.5 Å². The maximum Gasteiger partial charge on any atom is 0.0830 e. The van der Waals surface area contributed by atoms with Crippen LogP contribution < -0.4 is 0 Å². The fourth-order valence-corrected chi connectivity index (χ4v) is 4.41. The number of fused-ring (bicyclic) bond motifs is 3. The molecule has 4 aromatic rings. The Morgan fingerprint density at radius 1 is 0.917 bits per heavy atom. The highest BCUT2D eigenvalue weighted by Gasteiger charge is 2.12.